The fraction of sp³-hybridized carbons (Fsp3) is 0.143. The largest absolute Gasteiger partial charge is 0.344 e. The summed E-state index contributed by atoms with van der Waals surface area (Å²) in [5, 5.41) is 13.4. The van der Waals surface area contributed by atoms with Gasteiger partial charge in [0.2, 0.25) is 5.95 Å². The number of fused-ring (bicyclic) bond motifs is 1. The van der Waals surface area contributed by atoms with Crippen LogP contribution in [0.25, 0.3) is 22.2 Å². The molecular weight excluding hydrogens is 352 g/mol. The van der Waals surface area contributed by atoms with Gasteiger partial charge in [0.15, 0.2) is 5.69 Å². The van der Waals surface area contributed by atoms with Crippen LogP contribution in [-0.2, 0) is 6.54 Å². The summed E-state index contributed by atoms with van der Waals surface area (Å²) >= 11 is 0. The second-order valence-corrected chi connectivity index (χ2v) is 6.35. The van der Waals surface area contributed by atoms with Gasteiger partial charge >= 0.3 is 0 Å². The highest BCUT2D eigenvalue weighted by molar-refractivity contribution is 6.01. The Bertz CT molecular complexity index is 1210. The lowest BCUT2D eigenvalue weighted by molar-refractivity contribution is 0.769. The number of anilines is 1. The van der Waals surface area contributed by atoms with Crippen LogP contribution < -0.4 is 11.0 Å². The number of benzene rings is 2. The van der Waals surface area contributed by atoms with Crippen molar-refractivity contribution in [2.45, 2.75) is 20.4 Å². The molecule has 0 spiro atoms. The van der Waals surface area contributed by atoms with Gasteiger partial charge in [0.1, 0.15) is 0 Å². The summed E-state index contributed by atoms with van der Waals surface area (Å²) in [7, 11) is 0. The number of aromatic nitrogens is 4. The Balaban J connectivity index is 1.60. The van der Waals surface area contributed by atoms with E-state index in [1.54, 1.807) is 6.21 Å². The summed E-state index contributed by atoms with van der Waals surface area (Å²) in [5.74, 6) is 0.192. The molecule has 0 saturated carbocycles. The summed E-state index contributed by atoms with van der Waals surface area (Å²) in [4.78, 5) is 15.0. The fourth-order valence-electron chi connectivity index (χ4n) is 3.36. The average molecular weight is 372 g/mol. The number of aromatic amines is 1. The SMILES string of the molecule is CCn1c(C)c(/C=N/Nc2nnc(-c3ccccc3)c(=O)[nH]2)c2ccccc21. The molecule has 7 heteroatoms. The molecule has 28 heavy (non-hydrogen) atoms. The highest BCUT2D eigenvalue weighted by Crippen LogP contribution is 2.24. The van der Waals surface area contributed by atoms with Crippen molar-refractivity contribution in [1.29, 1.82) is 0 Å². The van der Waals surface area contributed by atoms with Gasteiger partial charge < -0.3 is 4.57 Å². The number of nitrogens with one attached hydrogen (secondary N) is 2. The van der Waals surface area contributed by atoms with E-state index in [1.165, 1.54) is 5.52 Å². The van der Waals surface area contributed by atoms with Crippen molar-refractivity contribution in [3.05, 3.63) is 76.2 Å². The molecule has 0 aliphatic carbocycles. The zero-order valence-corrected chi connectivity index (χ0v) is 15.7. The molecule has 2 aromatic heterocycles. The normalized spacial score (nSPS) is 11.4. The van der Waals surface area contributed by atoms with E-state index in [9.17, 15) is 4.79 Å². The van der Waals surface area contributed by atoms with Crippen LogP contribution in [0.4, 0.5) is 5.95 Å². The van der Waals surface area contributed by atoms with Gasteiger partial charge in [0.05, 0.1) is 6.21 Å². The Morgan fingerprint density at radius 1 is 1.11 bits per heavy atom. The maximum absolute atomic E-state index is 12.3. The molecular formula is C21H20N6O. The molecule has 0 bridgehead atoms. The summed E-state index contributed by atoms with van der Waals surface area (Å²) in [6.07, 6.45) is 1.74. The molecule has 0 aliphatic heterocycles. The Morgan fingerprint density at radius 2 is 1.86 bits per heavy atom. The predicted molar refractivity (Wildman–Crippen MR) is 112 cm³/mol. The van der Waals surface area contributed by atoms with Gasteiger partial charge in [-0.1, -0.05) is 48.5 Å². The Labute approximate surface area is 161 Å². The molecule has 140 valence electrons. The van der Waals surface area contributed by atoms with Crippen molar-refractivity contribution in [3.8, 4) is 11.3 Å². The lowest BCUT2D eigenvalue weighted by Crippen LogP contribution is -2.15. The molecule has 2 heterocycles. The number of H-pyrrole nitrogens is 1. The smallest absolute Gasteiger partial charge is 0.279 e. The van der Waals surface area contributed by atoms with E-state index in [-0.39, 0.29) is 17.2 Å². The highest BCUT2D eigenvalue weighted by Gasteiger charge is 2.11. The van der Waals surface area contributed by atoms with Gasteiger partial charge in [-0.15, -0.1) is 10.2 Å². The lowest BCUT2D eigenvalue weighted by Gasteiger charge is -2.03. The average Bonchev–Trinajstić information content (AvgIpc) is 3.00. The van der Waals surface area contributed by atoms with E-state index >= 15 is 0 Å². The molecule has 0 radical (unpaired) electrons. The summed E-state index contributed by atoms with van der Waals surface area (Å²) in [5.41, 5.74) is 6.77. The maximum atomic E-state index is 12.3. The van der Waals surface area contributed by atoms with Crippen molar-refractivity contribution in [2.75, 3.05) is 5.43 Å². The first-order valence-electron chi connectivity index (χ1n) is 9.08. The fourth-order valence-corrected chi connectivity index (χ4v) is 3.36. The van der Waals surface area contributed by atoms with Crippen LogP contribution >= 0.6 is 0 Å². The minimum atomic E-state index is -0.322. The molecule has 4 rings (SSSR count). The minimum absolute atomic E-state index is 0.192. The second-order valence-electron chi connectivity index (χ2n) is 6.35. The molecule has 0 unspecified atom stereocenters. The minimum Gasteiger partial charge on any atom is -0.344 e. The lowest BCUT2D eigenvalue weighted by atomic mass is 10.1. The molecule has 7 nitrogen and oxygen atoms in total. The Morgan fingerprint density at radius 3 is 2.61 bits per heavy atom. The first-order valence-corrected chi connectivity index (χ1v) is 9.08. The first-order chi connectivity index (χ1) is 13.7. The van der Waals surface area contributed by atoms with Gasteiger partial charge in [-0.25, -0.2) is 5.43 Å². The molecule has 2 aromatic carbocycles. The van der Waals surface area contributed by atoms with Crippen molar-refractivity contribution in [3.63, 3.8) is 0 Å². The highest BCUT2D eigenvalue weighted by atomic mass is 16.1. The van der Waals surface area contributed by atoms with Gasteiger partial charge in [0, 0.05) is 34.3 Å². The van der Waals surface area contributed by atoms with Gasteiger partial charge in [-0.3, -0.25) is 9.78 Å². The molecule has 2 N–H and O–H groups in total. The van der Waals surface area contributed by atoms with E-state index in [2.05, 4.69) is 56.3 Å². The number of hydrogen-bond acceptors (Lipinski definition) is 5. The first kappa shape index (κ1) is 17.7. The zero-order chi connectivity index (χ0) is 19.5. The number of aryl methyl sites for hydroxylation is 1. The van der Waals surface area contributed by atoms with E-state index < -0.39 is 0 Å². The van der Waals surface area contributed by atoms with Crippen LogP contribution in [0.5, 0.6) is 0 Å². The quantitative estimate of drug-likeness (QED) is 0.414. The third kappa shape index (κ3) is 3.18. The third-order valence-electron chi connectivity index (χ3n) is 4.70. The third-order valence-corrected chi connectivity index (χ3v) is 4.70. The van der Waals surface area contributed by atoms with Gasteiger partial charge in [-0.05, 0) is 19.9 Å². The van der Waals surface area contributed by atoms with Crippen molar-refractivity contribution in [1.82, 2.24) is 19.7 Å². The summed E-state index contributed by atoms with van der Waals surface area (Å²) in [6, 6.07) is 17.4. The number of hydrazone groups is 1. The Hall–Kier alpha value is -3.74. The molecule has 0 aliphatic rings. The van der Waals surface area contributed by atoms with Crippen LogP contribution in [0.15, 0.2) is 64.5 Å². The molecule has 0 amide bonds. The van der Waals surface area contributed by atoms with Crippen LogP contribution in [0.2, 0.25) is 0 Å². The maximum Gasteiger partial charge on any atom is 0.279 e. The zero-order valence-electron chi connectivity index (χ0n) is 15.7. The van der Waals surface area contributed by atoms with Crippen LogP contribution in [0, 0.1) is 6.92 Å². The molecule has 0 fully saturated rings. The second kappa shape index (κ2) is 7.48. The number of hydrogen-bond donors (Lipinski definition) is 2. The van der Waals surface area contributed by atoms with Crippen LogP contribution in [0.1, 0.15) is 18.2 Å². The molecule has 0 atom stereocenters. The predicted octanol–water partition coefficient (Wildman–Crippen LogP) is 3.56. The number of nitrogens with zero attached hydrogens (tertiary/aromatic N) is 4. The summed E-state index contributed by atoms with van der Waals surface area (Å²) in [6.45, 7) is 5.07. The van der Waals surface area contributed by atoms with E-state index in [0.29, 0.717) is 5.56 Å². The van der Waals surface area contributed by atoms with Crippen molar-refractivity contribution in [2.24, 2.45) is 5.10 Å². The van der Waals surface area contributed by atoms with E-state index in [0.717, 1.165) is 23.2 Å². The van der Waals surface area contributed by atoms with E-state index in [4.69, 9.17) is 0 Å². The van der Waals surface area contributed by atoms with Crippen LogP contribution in [0.3, 0.4) is 0 Å². The van der Waals surface area contributed by atoms with E-state index in [1.807, 2.05) is 42.5 Å². The topological polar surface area (TPSA) is 88.0 Å². The Kier molecular flexibility index (Phi) is 4.72. The monoisotopic (exact) mass is 372 g/mol. The number of rotatable bonds is 5. The van der Waals surface area contributed by atoms with Crippen molar-refractivity contribution >= 4 is 23.1 Å². The number of para-hydroxylation sites is 1. The van der Waals surface area contributed by atoms with Gasteiger partial charge in [-0.2, -0.15) is 5.10 Å². The van der Waals surface area contributed by atoms with Crippen LogP contribution in [-0.4, -0.2) is 26.0 Å². The summed E-state index contributed by atoms with van der Waals surface area (Å²) < 4.78 is 2.24. The van der Waals surface area contributed by atoms with Gasteiger partial charge in [0.25, 0.3) is 5.56 Å². The molecule has 4 aromatic rings. The molecule has 0 saturated heterocycles. The van der Waals surface area contributed by atoms with Crippen molar-refractivity contribution < 1.29 is 0 Å². The standard InChI is InChI=1S/C21H20N6O/c1-3-27-14(2)17(16-11-7-8-12-18(16)27)13-22-25-21-23-20(28)19(24-26-21)15-9-5-4-6-10-15/h4-13H,3H2,1-2H3,(H2,23,25,26,28)/b22-13+.